The lowest BCUT2D eigenvalue weighted by molar-refractivity contribution is -0.123. The maximum Gasteiger partial charge on any atom is 0.240 e. The standard InChI is InChI=1S/C15H21N3O3S/c1-11(2)21-8-4-7-16-13(19)9-18-12-5-3-6-17-15(12)22-10-14(18)20/h3,5-6,11H,4,7-10H2,1-2H3,(H,16,19). The molecule has 0 atom stereocenters. The first kappa shape index (κ1) is 16.8. The highest BCUT2D eigenvalue weighted by Gasteiger charge is 2.26. The number of aromatic nitrogens is 1. The second-order valence-electron chi connectivity index (χ2n) is 5.22. The number of thioether (sulfide) groups is 1. The van der Waals surface area contributed by atoms with Crippen LogP contribution in [-0.4, -0.2) is 48.4 Å². The summed E-state index contributed by atoms with van der Waals surface area (Å²) in [5.74, 6) is 0.0860. The molecule has 1 aromatic heterocycles. The normalized spacial score (nSPS) is 14.1. The van der Waals surface area contributed by atoms with Crippen molar-refractivity contribution in [2.75, 3.05) is 30.3 Å². The number of hydrogen-bond donors (Lipinski definition) is 1. The van der Waals surface area contributed by atoms with E-state index in [1.54, 1.807) is 12.3 Å². The van der Waals surface area contributed by atoms with E-state index in [4.69, 9.17) is 4.74 Å². The van der Waals surface area contributed by atoms with Gasteiger partial charge < -0.3 is 10.1 Å². The molecular weight excluding hydrogens is 302 g/mol. The zero-order valence-corrected chi connectivity index (χ0v) is 13.7. The monoisotopic (exact) mass is 323 g/mol. The Kier molecular flexibility index (Phi) is 6.21. The lowest BCUT2D eigenvalue weighted by atomic mass is 10.3. The summed E-state index contributed by atoms with van der Waals surface area (Å²) in [6.07, 6.45) is 2.64. The van der Waals surface area contributed by atoms with Crippen molar-refractivity contribution in [3.63, 3.8) is 0 Å². The molecule has 2 heterocycles. The highest BCUT2D eigenvalue weighted by Crippen LogP contribution is 2.32. The van der Waals surface area contributed by atoms with Gasteiger partial charge in [0.2, 0.25) is 11.8 Å². The average molecular weight is 323 g/mol. The third-order valence-corrected chi connectivity index (χ3v) is 4.05. The fourth-order valence-corrected chi connectivity index (χ4v) is 2.91. The van der Waals surface area contributed by atoms with E-state index < -0.39 is 0 Å². The minimum Gasteiger partial charge on any atom is -0.379 e. The number of carbonyl (C=O) groups is 2. The number of pyridine rings is 1. The topological polar surface area (TPSA) is 71.5 Å². The number of nitrogens with zero attached hydrogens (tertiary/aromatic N) is 2. The highest BCUT2D eigenvalue weighted by molar-refractivity contribution is 8.00. The molecule has 0 unspecified atom stereocenters. The van der Waals surface area contributed by atoms with Crippen LogP contribution in [0.1, 0.15) is 20.3 Å². The van der Waals surface area contributed by atoms with E-state index in [-0.39, 0.29) is 24.5 Å². The van der Waals surface area contributed by atoms with Crippen LogP contribution in [0.2, 0.25) is 0 Å². The summed E-state index contributed by atoms with van der Waals surface area (Å²) in [7, 11) is 0. The van der Waals surface area contributed by atoms with Crippen LogP contribution in [0.15, 0.2) is 23.4 Å². The smallest absolute Gasteiger partial charge is 0.240 e. The van der Waals surface area contributed by atoms with Crippen molar-refractivity contribution >= 4 is 29.3 Å². The van der Waals surface area contributed by atoms with E-state index in [0.717, 1.165) is 11.4 Å². The molecule has 0 saturated heterocycles. The van der Waals surface area contributed by atoms with Crippen molar-refractivity contribution in [3.8, 4) is 0 Å². The minimum atomic E-state index is -0.167. The van der Waals surface area contributed by atoms with Gasteiger partial charge in [0.1, 0.15) is 11.6 Å². The van der Waals surface area contributed by atoms with Gasteiger partial charge in [0.05, 0.1) is 17.5 Å². The summed E-state index contributed by atoms with van der Waals surface area (Å²) in [5.41, 5.74) is 0.710. The van der Waals surface area contributed by atoms with Crippen LogP contribution in [0.3, 0.4) is 0 Å². The zero-order valence-electron chi connectivity index (χ0n) is 12.9. The van der Waals surface area contributed by atoms with Gasteiger partial charge in [-0.05, 0) is 32.4 Å². The average Bonchev–Trinajstić information content (AvgIpc) is 2.49. The molecule has 1 aliphatic rings. The summed E-state index contributed by atoms with van der Waals surface area (Å²) >= 11 is 1.40. The van der Waals surface area contributed by atoms with E-state index in [1.807, 2.05) is 19.9 Å². The van der Waals surface area contributed by atoms with Crippen LogP contribution in [0.5, 0.6) is 0 Å². The predicted molar refractivity (Wildman–Crippen MR) is 86.0 cm³/mol. The van der Waals surface area contributed by atoms with E-state index in [0.29, 0.717) is 24.6 Å². The number of nitrogens with one attached hydrogen (secondary N) is 1. The molecule has 0 radical (unpaired) electrons. The number of carbonyl (C=O) groups excluding carboxylic acids is 2. The van der Waals surface area contributed by atoms with Crippen molar-refractivity contribution in [1.82, 2.24) is 10.3 Å². The van der Waals surface area contributed by atoms with Crippen molar-refractivity contribution < 1.29 is 14.3 Å². The fourth-order valence-electron chi connectivity index (χ4n) is 2.03. The molecule has 0 fully saturated rings. The molecule has 0 saturated carbocycles. The number of rotatable bonds is 7. The van der Waals surface area contributed by atoms with Crippen molar-refractivity contribution in [1.29, 1.82) is 0 Å². The Hall–Kier alpha value is -1.60. The van der Waals surface area contributed by atoms with Gasteiger partial charge in [0.15, 0.2) is 0 Å². The van der Waals surface area contributed by atoms with Gasteiger partial charge in [-0.1, -0.05) is 11.8 Å². The van der Waals surface area contributed by atoms with E-state index in [2.05, 4.69) is 10.3 Å². The molecule has 1 aliphatic heterocycles. The summed E-state index contributed by atoms with van der Waals surface area (Å²) in [5, 5.41) is 3.61. The first-order valence-electron chi connectivity index (χ1n) is 7.34. The van der Waals surface area contributed by atoms with Gasteiger partial charge in [0.25, 0.3) is 0 Å². The van der Waals surface area contributed by atoms with Crippen LogP contribution in [0.25, 0.3) is 0 Å². The molecule has 120 valence electrons. The summed E-state index contributed by atoms with van der Waals surface area (Å²) < 4.78 is 5.41. The number of ether oxygens (including phenoxy) is 1. The Labute approximate surface area is 134 Å². The molecule has 2 amide bonds. The number of fused-ring (bicyclic) bond motifs is 1. The summed E-state index contributed by atoms with van der Waals surface area (Å²) in [4.78, 5) is 29.7. The largest absolute Gasteiger partial charge is 0.379 e. The number of hydrogen-bond acceptors (Lipinski definition) is 5. The van der Waals surface area contributed by atoms with Crippen LogP contribution in [0, 0.1) is 0 Å². The summed E-state index contributed by atoms with van der Waals surface area (Å²) in [6, 6.07) is 3.59. The minimum absolute atomic E-state index is 0.0309. The SMILES string of the molecule is CC(C)OCCCNC(=O)CN1C(=O)CSc2ncccc21. The Morgan fingerprint density at radius 2 is 2.36 bits per heavy atom. The molecule has 0 aromatic carbocycles. The molecule has 0 spiro atoms. The third kappa shape index (κ3) is 4.71. The van der Waals surface area contributed by atoms with Crippen LogP contribution >= 0.6 is 11.8 Å². The Morgan fingerprint density at radius 1 is 1.55 bits per heavy atom. The number of amides is 2. The maximum atomic E-state index is 12.0. The molecule has 6 nitrogen and oxygen atoms in total. The lowest BCUT2D eigenvalue weighted by Gasteiger charge is -2.27. The molecule has 7 heteroatoms. The molecule has 1 N–H and O–H groups in total. The predicted octanol–water partition coefficient (Wildman–Crippen LogP) is 1.45. The lowest BCUT2D eigenvalue weighted by Crippen LogP contribution is -2.43. The molecular formula is C15H21N3O3S. The van der Waals surface area contributed by atoms with Gasteiger partial charge in [0, 0.05) is 19.3 Å². The van der Waals surface area contributed by atoms with Crippen molar-refractivity contribution in [2.24, 2.45) is 0 Å². The maximum absolute atomic E-state index is 12.0. The van der Waals surface area contributed by atoms with Crippen molar-refractivity contribution in [2.45, 2.75) is 31.4 Å². The van der Waals surface area contributed by atoms with E-state index >= 15 is 0 Å². The van der Waals surface area contributed by atoms with E-state index in [1.165, 1.54) is 16.7 Å². The molecule has 1 aromatic rings. The van der Waals surface area contributed by atoms with E-state index in [9.17, 15) is 9.59 Å². The molecule has 0 aliphatic carbocycles. The summed E-state index contributed by atoms with van der Waals surface area (Å²) in [6.45, 7) is 5.14. The van der Waals surface area contributed by atoms with Gasteiger partial charge >= 0.3 is 0 Å². The van der Waals surface area contributed by atoms with Crippen LogP contribution < -0.4 is 10.2 Å². The quantitative estimate of drug-likeness (QED) is 0.769. The Balaban J connectivity index is 1.82. The molecule has 2 rings (SSSR count). The number of anilines is 1. The first-order chi connectivity index (χ1) is 10.6. The van der Waals surface area contributed by atoms with Gasteiger partial charge in [-0.25, -0.2) is 4.98 Å². The van der Waals surface area contributed by atoms with Crippen molar-refractivity contribution in [3.05, 3.63) is 18.3 Å². The van der Waals surface area contributed by atoms with Gasteiger partial charge in [-0.15, -0.1) is 0 Å². The zero-order chi connectivity index (χ0) is 15.9. The second-order valence-corrected chi connectivity index (χ2v) is 6.18. The highest BCUT2D eigenvalue weighted by atomic mass is 32.2. The fraction of sp³-hybridized carbons (Fsp3) is 0.533. The second kappa shape index (κ2) is 8.14. The van der Waals surface area contributed by atoms with Gasteiger partial charge in [-0.2, -0.15) is 0 Å². The Bertz CT molecular complexity index is 537. The first-order valence-corrected chi connectivity index (χ1v) is 8.33. The third-order valence-electron chi connectivity index (χ3n) is 3.07. The van der Waals surface area contributed by atoms with Crippen LogP contribution in [0.4, 0.5) is 5.69 Å². The van der Waals surface area contributed by atoms with Crippen LogP contribution in [-0.2, 0) is 14.3 Å². The molecule has 22 heavy (non-hydrogen) atoms. The Morgan fingerprint density at radius 3 is 3.14 bits per heavy atom. The van der Waals surface area contributed by atoms with Gasteiger partial charge in [-0.3, -0.25) is 14.5 Å². The molecule has 0 bridgehead atoms.